The molecule has 0 aliphatic carbocycles. The van der Waals surface area contributed by atoms with Gasteiger partial charge in [0.15, 0.2) is 0 Å². The molecule has 4 N–H and O–H groups in total. The van der Waals surface area contributed by atoms with E-state index in [0.29, 0.717) is 11.4 Å². The van der Waals surface area contributed by atoms with Gasteiger partial charge in [0.2, 0.25) is 0 Å². The fourth-order valence-corrected chi connectivity index (χ4v) is 1.26. The van der Waals surface area contributed by atoms with Gasteiger partial charge in [0.25, 0.3) is 5.91 Å². The first-order valence-corrected chi connectivity index (χ1v) is 4.56. The van der Waals surface area contributed by atoms with Crippen LogP contribution in [-0.2, 0) is 0 Å². The Morgan fingerprint density at radius 3 is 2.60 bits per heavy atom. The number of aromatic amines is 1. The van der Waals surface area contributed by atoms with E-state index in [2.05, 4.69) is 10.3 Å². The Morgan fingerprint density at radius 2 is 2.00 bits per heavy atom. The molecule has 1 aromatic carbocycles. The second-order valence-electron chi connectivity index (χ2n) is 3.17. The summed E-state index contributed by atoms with van der Waals surface area (Å²) < 4.78 is 0. The van der Waals surface area contributed by atoms with Crippen molar-refractivity contribution in [1.82, 2.24) is 4.98 Å². The van der Waals surface area contributed by atoms with Crippen molar-refractivity contribution in [2.24, 2.45) is 0 Å². The normalized spacial score (nSPS) is 9.87. The number of nitrogens with two attached hydrogens (primary N) is 1. The smallest absolute Gasteiger partial charge is 0.272 e. The van der Waals surface area contributed by atoms with Gasteiger partial charge in [-0.1, -0.05) is 18.2 Å². The molecule has 1 heterocycles. The summed E-state index contributed by atoms with van der Waals surface area (Å²) in [5.74, 6) is -0.196. The molecule has 0 saturated heterocycles. The zero-order valence-electron chi connectivity index (χ0n) is 8.03. The van der Waals surface area contributed by atoms with Gasteiger partial charge in [0.05, 0.1) is 0 Å². The summed E-state index contributed by atoms with van der Waals surface area (Å²) in [6.07, 6.45) is 1.58. The van der Waals surface area contributed by atoms with Crippen LogP contribution >= 0.6 is 0 Å². The minimum Gasteiger partial charge on any atom is -0.397 e. The predicted octanol–water partition coefficient (Wildman–Crippen LogP) is 1.85. The summed E-state index contributed by atoms with van der Waals surface area (Å²) in [6.45, 7) is 0. The van der Waals surface area contributed by atoms with Crippen LogP contribution in [0.4, 0.5) is 11.4 Å². The molecule has 0 aliphatic heterocycles. The van der Waals surface area contributed by atoms with E-state index in [4.69, 9.17) is 5.73 Å². The molecule has 0 radical (unpaired) electrons. The first kappa shape index (κ1) is 9.33. The van der Waals surface area contributed by atoms with E-state index in [0.717, 1.165) is 5.69 Å². The van der Waals surface area contributed by atoms with Crippen molar-refractivity contribution in [2.75, 3.05) is 11.1 Å². The number of benzene rings is 1. The van der Waals surface area contributed by atoms with Crippen LogP contribution in [0, 0.1) is 0 Å². The first-order valence-electron chi connectivity index (χ1n) is 4.56. The van der Waals surface area contributed by atoms with Crippen molar-refractivity contribution in [3.63, 3.8) is 0 Å². The molecule has 76 valence electrons. The topological polar surface area (TPSA) is 70.9 Å². The van der Waals surface area contributed by atoms with E-state index in [-0.39, 0.29) is 5.91 Å². The lowest BCUT2D eigenvalue weighted by atomic mass is 10.3. The quantitative estimate of drug-likeness (QED) is 0.693. The largest absolute Gasteiger partial charge is 0.397 e. The van der Waals surface area contributed by atoms with Crippen LogP contribution in [0.5, 0.6) is 0 Å². The number of H-pyrrole nitrogens is 1. The van der Waals surface area contributed by atoms with Gasteiger partial charge < -0.3 is 16.0 Å². The van der Waals surface area contributed by atoms with Crippen LogP contribution in [0.1, 0.15) is 10.5 Å². The van der Waals surface area contributed by atoms with Gasteiger partial charge in [-0.05, 0) is 18.2 Å². The molecule has 0 unspecified atom stereocenters. The van der Waals surface area contributed by atoms with Crippen molar-refractivity contribution in [3.8, 4) is 0 Å². The molecule has 0 atom stereocenters. The number of nitrogens with one attached hydrogen (secondary N) is 2. The Morgan fingerprint density at radius 1 is 1.27 bits per heavy atom. The molecular weight excluding hydrogens is 190 g/mol. The molecule has 0 fully saturated rings. The first-order chi connectivity index (χ1) is 7.25. The highest BCUT2D eigenvalue weighted by Gasteiger charge is 2.06. The van der Waals surface area contributed by atoms with Gasteiger partial charge in [0.1, 0.15) is 5.69 Å². The number of amides is 1. The van der Waals surface area contributed by atoms with E-state index in [1.165, 1.54) is 0 Å². The maximum atomic E-state index is 11.6. The lowest BCUT2D eigenvalue weighted by Gasteiger charge is -2.02. The minimum atomic E-state index is -0.196. The maximum absolute atomic E-state index is 11.6. The Labute approximate surface area is 87.1 Å². The van der Waals surface area contributed by atoms with Gasteiger partial charge in [-0.25, -0.2) is 0 Å². The molecule has 0 bridgehead atoms. The third-order valence-corrected chi connectivity index (χ3v) is 1.98. The van der Waals surface area contributed by atoms with Crippen molar-refractivity contribution in [1.29, 1.82) is 0 Å². The fourth-order valence-electron chi connectivity index (χ4n) is 1.26. The third-order valence-electron chi connectivity index (χ3n) is 1.98. The molecule has 4 nitrogen and oxygen atoms in total. The number of carbonyl (C=O) groups excluding carboxylic acids is 1. The number of nitrogen functional groups attached to an aromatic ring is 1. The maximum Gasteiger partial charge on any atom is 0.272 e. The Balaban J connectivity index is 2.11. The number of hydrogen-bond donors (Lipinski definition) is 3. The van der Waals surface area contributed by atoms with Gasteiger partial charge in [-0.3, -0.25) is 4.79 Å². The SMILES string of the molecule is Nc1c[nH]c(C(=O)Nc2ccccc2)c1. The summed E-state index contributed by atoms with van der Waals surface area (Å²) in [5.41, 5.74) is 7.26. The zero-order chi connectivity index (χ0) is 10.7. The second kappa shape index (κ2) is 3.88. The summed E-state index contributed by atoms with van der Waals surface area (Å²) in [4.78, 5) is 14.4. The molecule has 0 spiro atoms. The Hall–Kier alpha value is -2.23. The third kappa shape index (κ3) is 2.17. The van der Waals surface area contributed by atoms with Gasteiger partial charge in [-0.2, -0.15) is 0 Å². The van der Waals surface area contributed by atoms with E-state index >= 15 is 0 Å². The fraction of sp³-hybridized carbons (Fsp3) is 0. The Kier molecular flexibility index (Phi) is 2.41. The lowest BCUT2D eigenvalue weighted by Crippen LogP contribution is -2.11. The summed E-state index contributed by atoms with van der Waals surface area (Å²) in [5, 5.41) is 2.75. The van der Waals surface area contributed by atoms with E-state index < -0.39 is 0 Å². The number of para-hydroxylation sites is 1. The predicted molar refractivity (Wildman–Crippen MR) is 59.6 cm³/mol. The average molecular weight is 201 g/mol. The van der Waals surface area contributed by atoms with Crippen molar-refractivity contribution in [2.45, 2.75) is 0 Å². The van der Waals surface area contributed by atoms with Crippen LogP contribution in [0.2, 0.25) is 0 Å². The Bertz CT molecular complexity index is 462. The molecule has 0 saturated carbocycles. The number of anilines is 2. The van der Waals surface area contributed by atoms with Crippen molar-refractivity contribution >= 4 is 17.3 Å². The number of aromatic nitrogens is 1. The molecule has 15 heavy (non-hydrogen) atoms. The molecule has 1 amide bonds. The highest BCUT2D eigenvalue weighted by atomic mass is 16.1. The summed E-state index contributed by atoms with van der Waals surface area (Å²) in [6, 6.07) is 10.9. The lowest BCUT2D eigenvalue weighted by molar-refractivity contribution is 0.102. The van der Waals surface area contributed by atoms with Gasteiger partial charge in [0, 0.05) is 17.6 Å². The number of carbonyl (C=O) groups is 1. The van der Waals surface area contributed by atoms with Gasteiger partial charge >= 0.3 is 0 Å². The summed E-state index contributed by atoms with van der Waals surface area (Å²) in [7, 11) is 0. The van der Waals surface area contributed by atoms with E-state index in [1.54, 1.807) is 12.3 Å². The van der Waals surface area contributed by atoms with E-state index in [9.17, 15) is 4.79 Å². The zero-order valence-corrected chi connectivity index (χ0v) is 8.03. The average Bonchev–Trinajstić information content (AvgIpc) is 2.66. The van der Waals surface area contributed by atoms with E-state index in [1.807, 2.05) is 30.3 Å². The standard InChI is InChI=1S/C11H11N3O/c12-8-6-10(13-7-8)11(15)14-9-4-2-1-3-5-9/h1-7,13H,12H2,(H,14,15). The van der Waals surface area contributed by atoms with Crippen LogP contribution in [0.3, 0.4) is 0 Å². The number of rotatable bonds is 2. The van der Waals surface area contributed by atoms with Crippen molar-refractivity contribution in [3.05, 3.63) is 48.3 Å². The van der Waals surface area contributed by atoms with Crippen molar-refractivity contribution < 1.29 is 4.79 Å². The monoisotopic (exact) mass is 201 g/mol. The molecule has 0 aliphatic rings. The van der Waals surface area contributed by atoms with Gasteiger partial charge in [-0.15, -0.1) is 0 Å². The molecule has 2 aromatic rings. The molecular formula is C11H11N3O. The summed E-state index contributed by atoms with van der Waals surface area (Å²) >= 11 is 0. The minimum absolute atomic E-state index is 0.196. The highest BCUT2D eigenvalue weighted by molar-refractivity contribution is 6.03. The van der Waals surface area contributed by atoms with Crippen LogP contribution in [-0.4, -0.2) is 10.9 Å². The highest BCUT2D eigenvalue weighted by Crippen LogP contribution is 2.09. The molecule has 4 heteroatoms. The van der Waals surface area contributed by atoms with Crippen LogP contribution in [0.25, 0.3) is 0 Å². The number of hydrogen-bond acceptors (Lipinski definition) is 2. The molecule has 1 aromatic heterocycles. The van der Waals surface area contributed by atoms with Crippen LogP contribution < -0.4 is 11.1 Å². The second-order valence-corrected chi connectivity index (χ2v) is 3.17. The molecule has 2 rings (SSSR count). The van der Waals surface area contributed by atoms with Crippen LogP contribution in [0.15, 0.2) is 42.6 Å².